The molecule has 0 saturated carbocycles. The molecule has 8 N–H and O–H groups in total. The monoisotopic (exact) mass is 574 g/mol. The van der Waals surface area contributed by atoms with Crippen LogP contribution in [0.5, 0.6) is 0 Å². The Bertz CT molecular complexity index is 1060. The van der Waals surface area contributed by atoms with Gasteiger partial charge in [-0.2, -0.15) is 74.4 Å². The van der Waals surface area contributed by atoms with Crippen molar-refractivity contribution in [3.8, 4) is 0 Å². The normalized spacial score (nSPS) is 27.5. The van der Waals surface area contributed by atoms with Crippen LogP contribution in [0.15, 0.2) is 0 Å². The summed E-state index contributed by atoms with van der Waals surface area (Å²) in [5.41, 5.74) is 0. The fourth-order valence-corrected chi connectivity index (χ4v) is 4.15. The van der Waals surface area contributed by atoms with Crippen molar-refractivity contribution in [1.29, 1.82) is 0 Å². The van der Waals surface area contributed by atoms with E-state index in [-0.39, 0.29) is 0 Å². The van der Waals surface area contributed by atoms with Crippen LogP contribution in [0.1, 0.15) is 0 Å². The Morgan fingerprint density at radius 2 is 1.03 bits per heavy atom. The van der Waals surface area contributed by atoms with E-state index in [2.05, 4.69) is 57.5 Å². The van der Waals surface area contributed by atoms with Crippen LogP contribution in [0.3, 0.4) is 0 Å². The van der Waals surface area contributed by atoms with Crippen molar-refractivity contribution in [2.45, 2.75) is 30.7 Å². The van der Waals surface area contributed by atoms with Crippen LogP contribution in [0.25, 0.3) is 0 Å². The summed E-state index contributed by atoms with van der Waals surface area (Å²) in [7, 11) is -19.6. The lowest BCUT2D eigenvalue weighted by molar-refractivity contribution is -0.279. The molecule has 0 aromatic carbocycles. The van der Waals surface area contributed by atoms with E-state index < -0.39 is 78.9 Å². The average Bonchev–Trinajstić information content (AvgIpc) is 2.75. The molecule has 1 aliphatic rings. The minimum Gasteiger partial charge on any atom is -0.353 e. The molecule has 0 radical (unpaired) electrons. The van der Waals surface area contributed by atoms with E-state index in [1.807, 2.05) is 0 Å². The van der Waals surface area contributed by atoms with E-state index in [4.69, 9.17) is 9.47 Å². The second-order valence-corrected chi connectivity index (χ2v) is 10.1. The molecule has 33 heavy (non-hydrogen) atoms. The summed E-state index contributed by atoms with van der Waals surface area (Å²) in [6.07, 6.45) is -11.2. The summed E-state index contributed by atoms with van der Waals surface area (Å²) in [5, 5.41) is 0. The minimum atomic E-state index is -5.24. The molecule has 0 aromatic heterocycles. The van der Waals surface area contributed by atoms with Gasteiger partial charge in [0.2, 0.25) is 0 Å². The molecule has 0 bridgehead atoms. The number of methoxy groups -OCH3 is 1. The average molecular weight is 574 g/mol. The van der Waals surface area contributed by atoms with Crippen molar-refractivity contribution in [1.82, 2.24) is 0 Å². The fraction of sp³-hybridized carbons (Fsp3) is 1.00. The first-order valence-corrected chi connectivity index (χ1v) is 12.8. The maximum Gasteiger partial charge on any atom is 0.416 e. The quantitative estimate of drug-likeness (QED) is 0.140. The highest BCUT2D eigenvalue weighted by atomic mass is 32.3. The summed E-state index contributed by atoms with van der Waals surface area (Å²) in [6.45, 7) is -1.24. The lowest BCUT2D eigenvalue weighted by atomic mass is 9.99. The first-order chi connectivity index (χ1) is 15.1. The van der Waals surface area contributed by atoms with Gasteiger partial charge in [0.05, 0.1) is 6.61 Å². The maximum atomic E-state index is 11.8. The van der Waals surface area contributed by atoms with Gasteiger partial charge in [-0.1, -0.05) is 0 Å². The minimum absolute atomic E-state index is 0.862. The summed E-state index contributed by atoms with van der Waals surface area (Å²) in [5.74, 6) is 18.1. The van der Waals surface area contributed by atoms with Crippen LogP contribution in [0, 0.1) is 0 Å². The first-order valence-electron chi connectivity index (χ1n) is 7.46. The Labute approximate surface area is 186 Å². The van der Waals surface area contributed by atoms with Gasteiger partial charge in [0.25, 0.3) is 0 Å². The van der Waals surface area contributed by atoms with Crippen LogP contribution in [-0.2, 0) is 84.9 Å². The molecule has 0 amide bonds. The maximum absolute atomic E-state index is 11.8. The third-order valence-corrected chi connectivity index (χ3v) is 6.10. The van der Waals surface area contributed by atoms with Crippen LogP contribution in [0.4, 0.5) is 0 Å². The lowest BCUT2D eigenvalue weighted by Gasteiger charge is -2.42. The summed E-state index contributed by atoms with van der Waals surface area (Å²) in [6, 6.07) is 0. The van der Waals surface area contributed by atoms with Gasteiger partial charge in [-0.25, -0.2) is 16.7 Å². The van der Waals surface area contributed by atoms with Crippen LogP contribution in [0.2, 0.25) is 0 Å². The number of rotatable bonds is 14. The largest absolute Gasteiger partial charge is 0.416 e. The molecule has 22 nitrogen and oxygen atoms in total. The molecule has 0 aromatic rings. The summed E-state index contributed by atoms with van der Waals surface area (Å²) in [4.78, 5) is 0. The Kier molecular flexibility index (Phi) is 10.8. The lowest BCUT2D eigenvalue weighted by Crippen LogP contribution is -2.63. The highest BCUT2D eigenvalue weighted by Crippen LogP contribution is 2.32. The van der Waals surface area contributed by atoms with Crippen LogP contribution >= 0.6 is 0 Å². The van der Waals surface area contributed by atoms with Gasteiger partial charge in [0, 0.05) is 7.11 Å². The number of nitrogens with two attached hydrogens (primary N) is 4. The third-order valence-electron chi connectivity index (χ3n) is 3.36. The van der Waals surface area contributed by atoms with E-state index in [1.54, 1.807) is 0 Å². The molecule has 1 saturated heterocycles. The SMILES string of the molecule is CO[C@H]1O[C@H](COS(=O)(=O)ON)[C@@H](OS(=O)(=O)ON)[C@H](OS(=O)(=O)ON)[C@H]1OS(=O)(=O)ON. The molecule has 0 unspecified atom stereocenters. The van der Waals surface area contributed by atoms with Crippen molar-refractivity contribution in [2.75, 3.05) is 13.7 Å². The second kappa shape index (κ2) is 11.8. The standard InChI is InChI=1S/C7H18N4O18S4/c1-20-7-6(25-33(18,19)29-11)5(24-32(16,17)28-10)4(23-31(14,15)27-9)3(22-7)2-21-30(12,13)26-8/h3-7H,2,8-11H2,1H3/t3-,4-,5+,6-,7+/m1/s1. The van der Waals surface area contributed by atoms with Crippen molar-refractivity contribution >= 4 is 41.6 Å². The fourth-order valence-electron chi connectivity index (χ4n) is 2.19. The molecule has 1 fully saturated rings. The third kappa shape index (κ3) is 9.08. The molecule has 5 atom stereocenters. The zero-order valence-corrected chi connectivity index (χ0v) is 19.2. The van der Waals surface area contributed by atoms with Gasteiger partial charge in [0.1, 0.15) is 18.3 Å². The molecule has 198 valence electrons. The molecule has 0 spiro atoms. The second-order valence-electron chi connectivity index (χ2n) is 5.26. The summed E-state index contributed by atoms with van der Waals surface area (Å²) >= 11 is 0. The van der Waals surface area contributed by atoms with Gasteiger partial charge in [-0.3, -0.25) is 0 Å². The zero-order valence-electron chi connectivity index (χ0n) is 15.9. The molecular weight excluding hydrogens is 556 g/mol. The van der Waals surface area contributed by atoms with E-state index in [0.29, 0.717) is 0 Å². The molecule has 26 heteroatoms. The van der Waals surface area contributed by atoms with Crippen molar-refractivity contribution in [2.24, 2.45) is 23.6 Å². The Morgan fingerprint density at radius 3 is 1.42 bits per heavy atom. The van der Waals surface area contributed by atoms with Gasteiger partial charge >= 0.3 is 41.6 Å². The predicted molar refractivity (Wildman–Crippen MR) is 93.0 cm³/mol. The van der Waals surface area contributed by atoms with Crippen LogP contribution < -0.4 is 23.6 Å². The van der Waals surface area contributed by atoms with Crippen molar-refractivity contribution < 1.29 is 77.0 Å². The molecule has 0 aliphatic carbocycles. The zero-order chi connectivity index (χ0) is 25.7. The molecular formula is C7H18N4O18S4. The van der Waals surface area contributed by atoms with E-state index in [0.717, 1.165) is 7.11 Å². The van der Waals surface area contributed by atoms with Crippen molar-refractivity contribution in [3.05, 3.63) is 0 Å². The topological polar surface area (TPSA) is 333 Å². The Hall–Kier alpha value is -0.760. The first kappa shape index (κ1) is 30.3. The Balaban J connectivity index is 3.59. The highest BCUT2D eigenvalue weighted by molar-refractivity contribution is 7.82. The van der Waals surface area contributed by atoms with E-state index in [1.165, 1.54) is 0 Å². The van der Waals surface area contributed by atoms with Gasteiger partial charge < -0.3 is 9.47 Å². The van der Waals surface area contributed by atoms with Gasteiger partial charge in [-0.15, -0.1) is 0 Å². The van der Waals surface area contributed by atoms with Crippen molar-refractivity contribution in [3.63, 3.8) is 0 Å². The molecule has 1 rings (SSSR count). The highest BCUT2D eigenvalue weighted by Gasteiger charge is 2.54. The van der Waals surface area contributed by atoms with E-state index in [9.17, 15) is 33.7 Å². The number of hydrogen-bond donors (Lipinski definition) is 4. The Morgan fingerprint density at radius 1 is 0.636 bits per heavy atom. The molecule has 1 aliphatic heterocycles. The molecule has 1 heterocycles. The number of ether oxygens (including phenoxy) is 2. The predicted octanol–water partition coefficient (Wildman–Crippen LogP) is -5.93. The van der Waals surface area contributed by atoms with Gasteiger partial charge in [-0.05, 0) is 0 Å². The number of hydrogen-bond acceptors (Lipinski definition) is 22. The van der Waals surface area contributed by atoms with Crippen LogP contribution in [-0.4, -0.2) is 78.1 Å². The van der Waals surface area contributed by atoms with E-state index >= 15 is 0 Å². The van der Waals surface area contributed by atoms with Gasteiger partial charge in [0.15, 0.2) is 12.4 Å². The summed E-state index contributed by atoms with van der Waals surface area (Å²) < 4.78 is 135. The smallest absolute Gasteiger partial charge is 0.353 e.